The molecule has 1 aliphatic carbocycles. The van der Waals surface area contributed by atoms with Crippen LogP contribution in [0.25, 0.3) is 5.52 Å². The van der Waals surface area contributed by atoms with Crippen molar-refractivity contribution in [3.63, 3.8) is 0 Å². The lowest BCUT2D eigenvalue weighted by Crippen LogP contribution is -2.17. The summed E-state index contributed by atoms with van der Waals surface area (Å²) in [6, 6.07) is 5.56. The Morgan fingerprint density at radius 3 is 2.89 bits per heavy atom. The first-order valence-corrected chi connectivity index (χ1v) is 5.71. The number of nitrogens with zero attached hydrogens (tertiary/aromatic N) is 3. The Labute approximate surface area is 104 Å². The lowest BCUT2D eigenvalue weighted by molar-refractivity contribution is 0.0979. The summed E-state index contributed by atoms with van der Waals surface area (Å²) < 4.78 is 1.65. The van der Waals surface area contributed by atoms with Crippen molar-refractivity contribution in [2.45, 2.75) is 25.7 Å². The van der Waals surface area contributed by atoms with E-state index in [4.69, 9.17) is 11.0 Å². The lowest BCUT2D eigenvalue weighted by atomic mass is 9.90. The Bertz CT molecular complexity index is 734. The van der Waals surface area contributed by atoms with E-state index in [2.05, 4.69) is 11.2 Å². The maximum atomic E-state index is 11.9. The van der Waals surface area contributed by atoms with Crippen LogP contribution in [0.1, 0.15) is 41.9 Å². The molecule has 0 bridgehead atoms. The molecule has 0 amide bonds. The number of hydrogen-bond donors (Lipinski definition) is 1. The van der Waals surface area contributed by atoms with Crippen LogP contribution in [0.5, 0.6) is 0 Å². The van der Waals surface area contributed by atoms with Crippen molar-refractivity contribution in [3.8, 4) is 6.07 Å². The monoisotopic (exact) mass is 240 g/mol. The summed E-state index contributed by atoms with van der Waals surface area (Å²) in [5.74, 6) is 0.325. The van der Waals surface area contributed by atoms with Crippen molar-refractivity contribution < 1.29 is 4.79 Å². The van der Waals surface area contributed by atoms with Crippen LogP contribution in [0.3, 0.4) is 0 Å². The van der Waals surface area contributed by atoms with Crippen molar-refractivity contribution >= 4 is 17.1 Å². The van der Waals surface area contributed by atoms with Crippen molar-refractivity contribution in [3.05, 3.63) is 29.0 Å². The normalized spacial score (nSPS) is 16.8. The van der Waals surface area contributed by atoms with Gasteiger partial charge in [-0.05, 0) is 12.1 Å². The summed E-state index contributed by atoms with van der Waals surface area (Å²) in [5.41, 5.74) is 8.02. The van der Waals surface area contributed by atoms with E-state index in [0.717, 1.165) is 5.69 Å². The average Bonchev–Trinajstić information content (AvgIpc) is 2.72. The lowest BCUT2D eigenvalue weighted by Gasteiger charge is -2.18. The highest BCUT2D eigenvalue weighted by molar-refractivity contribution is 6.02. The van der Waals surface area contributed by atoms with Gasteiger partial charge < -0.3 is 5.73 Å². The molecule has 0 spiro atoms. The maximum absolute atomic E-state index is 11.9. The van der Waals surface area contributed by atoms with Gasteiger partial charge in [0, 0.05) is 17.4 Å². The SMILES string of the molecule is CC1(C)CC(=O)c2ccc3c(C#N)c(N)nn3c21. The van der Waals surface area contributed by atoms with E-state index >= 15 is 0 Å². The summed E-state index contributed by atoms with van der Waals surface area (Å²) in [6.45, 7) is 4.00. The highest BCUT2D eigenvalue weighted by atomic mass is 16.1. The number of fused-ring (bicyclic) bond motifs is 3. The number of Topliss-reactive ketones (excluding diaryl/α,β-unsaturated/α-hetero) is 1. The number of carbonyl (C=O) groups is 1. The predicted octanol–water partition coefficient (Wildman–Crippen LogP) is 1.65. The number of nitriles is 1. The van der Waals surface area contributed by atoms with E-state index in [1.54, 1.807) is 16.6 Å². The van der Waals surface area contributed by atoms with Crippen molar-refractivity contribution in [1.29, 1.82) is 5.26 Å². The Morgan fingerprint density at radius 2 is 2.22 bits per heavy atom. The molecule has 1 aliphatic rings. The summed E-state index contributed by atoms with van der Waals surface area (Å²) in [4.78, 5) is 11.9. The smallest absolute Gasteiger partial charge is 0.165 e. The molecule has 2 aromatic rings. The summed E-state index contributed by atoms with van der Waals surface area (Å²) in [6.07, 6.45) is 0.461. The first-order valence-electron chi connectivity index (χ1n) is 5.71. The molecule has 90 valence electrons. The van der Waals surface area contributed by atoms with Crippen LogP contribution in [-0.4, -0.2) is 15.4 Å². The van der Waals surface area contributed by atoms with Crippen LogP contribution in [0.15, 0.2) is 12.1 Å². The van der Waals surface area contributed by atoms with Crippen molar-refractivity contribution in [2.75, 3.05) is 5.73 Å². The molecule has 0 saturated heterocycles. The number of anilines is 1. The highest BCUT2D eigenvalue weighted by Crippen LogP contribution is 2.39. The molecular weight excluding hydrogens is 228 g/mol. The minimum Gasteiger partial charge on any atom is -0.381 e. The van der Waals surface area contributed by atoms with Gasteiger partial charge in [-0.1, -0.05) is 13.8 Å². The van der Waals surface area contributed by atoms with Crippen LogP contribution < -0.4 is 5.73 Å². The van der Waals surface area contributed by atoms with E-state index in [0.29, 0.717) is 23.1 Å². The molecule has 2 aromatic heterocycles. The van der Waals surface area contributed by atoms with Gasteiger partial charge in [-0.15, -0.1) is 5.10 Å². The molecular formula is C13H12N4O. The molecule has 0 unspecified atom stereocenters. The fraction of sp³-hybridized carbons (Fsp3) is 0.308. The zero-order valence-corrected chi connectivity index (χ0v) is 10.2. The van der Waals surface area contributed by atoms with E-state index < -0.39 is 0 Å². The molecule has 18 heavy (non-hydrogen) atoms. The molecule has 0 aromatic carbocycles. The number of ketones is 1. The molecule has 0 saturated carbocycles. The molecule has 0 fully saturated rings. The second-order valence-electron chi connectivity index (χ2n) is 5.25. The maximum Gasteiger partial charge on any atom is 0.165 e. The second-order valence-corrected chi connectivity index (χ2v) is 5.25. The van der Waals surface area contributed by atoms with Gasteiger partial charge in [0.25, 0.3) is 0 Å². The van der Waals surface area contributed by atoms with Crippen LogP contribution in [0.4, 0.5) is 5.82 Å². The van der Waals surface area contributed by atoms with Gasteiger partial charge in [0.05, 0.1) is 11.2 Å². The standard InChI is InChI=1S/C13H12N4O/c1-13(2)5-10(18)7-3-4-9-8(6-14)12(15)16-17(9)11(7)13/h3-4H,5H2,1-2H3,(H2,15,16). The Morgan fingerprint density at radius 1 is 1.50 bits per heavy atom. The zero-order chi connectivity index (χ0) is 13.1. The number of aromatic nitrogens is 2. The summed E-state index contributed by atoms with van der Waals surface area (Å²) >= 11 is 0. The Kier molecular flexibility index (Phi) is 1.86. The van der Waals surface area contributed by atoms with Gasteiger partial charge in [0.15, 0.2) is 11.6 Å². The number of carbonyl (C=O) groups excluding carboxylic acids is 1. The van der Waals surface area contributed by atoms with Crippen molar-refractivity contribution in [2.24, 2.45) is 0 Å². The number of hydrogen-bond acceptors (Lipinski definition) is 4. The molecule has 5 heteroatoms. The number of pyridine rings is 1. The van der Waals surface area contributed by atoms with E-state index in [-0.39, 0.29) is 17.0 Å². The van der Waals surface area contributed by atoms with Gasteiger partial charge >= 0.3 is 0 Å². The van der Waals surface area contributed by atoms with E-state index in [1.807, 2.05) is 13.8 Å². The van der Waals surface area contributed by atoms with Crippen LogP contribution >= 0.6 is 0 Å². The molecule has 2 N–H and O–H groups in total. The fourth-order valence-corrected chi connectivity index (χ4v) is 2.70. The van der Waals surface area contributed by atoms with E-state index in [1.165, 1.54) is 0 Å². The second kappa shape index (κ2) is 3.10. The van der Waals surface area contributed by atoms with Gasteiger partial charge in [-0.3, -0.25) is 4.79 Å². The molecule has 5 nitrogen and oxygen atoms in total. The number of nitrogens with two attached hydrogens (primary N) is 1. The quantitative estimate of drug-likeness (QED) is 0.758. The highest BCUT2D eigenvalue weighted by Gasteiger charge is 2.38. The number of rotatable bonds is 0. The summed E-state index contributed by atoms with van der Waals surface area (Å²) in [7, 11) is 0. The minimum atomic E-state index is -0.281. The predicted molar refractivity (Wildman–Crippen MR) is 66.3 cm³/mol. The van der Waals surface area contributed by atoms with Gasteiger partial charge in [0.1, 0.15) is 11.6 Å². The summed E-state index contributed by atoms with van der Waals surface area (Å²) in [5, 5.41) is 13.3. The largest absolute Gasteiger partial charge is 0.381 e. The first-order chi connectivity index (χ1) is 8.45. The van der Waals surface area contributed by atoms with Crippen LogP contribution in [0, 0.1) is 11.3 Å². The number of nitrogen functional groups attached to an aromatic ring is 1. The first kappa shape index (κ1) is 10.8. The third kappa shape index (κ3) is 1.15. The third-order valence-corrected chi connectivity index (χ3v) is 3.48. The van der Waals surface area contributed by atoms with E-state index in [9.17, 15) is 4.79 Å². The van der Waals surface area contributed by atoms with Gasteiger partial charge in [-0.2, -0.15) is 5.26 Å². The van der Waals surface area contributed by atoms with Crippen molar-refractivity contribution in [1.82, 2.24) is 9.61 Å². The topological polar surface area (TPSA) is 84.2 Å². The fourth-order valence-electron chi connectivity index (χ4n) is 2.70. The Balaban J connectivity index is 2.49. The van der Waals surface area contributed by atoms with Crippen LogP contribution in [-0.2, 0) is 5.41 Å². The zero-order valence-electron chi connectivity index (χ0n) is 10.2. The third-order valence-electron chi connectivity index (χ3n) is 3.48. The van der Waals surface area contributed by atoms with Crippen LogP contribution in [0.2, 0.25) is 0 Å². The minimum absolute atomic E-state index is 0.115. The Hall–Kier alpha value is -2.35. The molecule has 0 radical (unpaired) electrons. The van der Waals surface area contributed by atoms with Gasteiger partial charge in [-0.25, -0.2) is 4.52 Å². The van der Waals surface area contributed by atoms with Gasteiger partial charge in [0.2, 0.25) is 0 Å². The molecule has 0 atom stereocenters. The molecule has 2 heterocycles. The molecule has 0 aliphatic heterocycles. The average molecular weight is 240 g/mol. The molecule has 3 rings (SSSR count).